The van der Waals surface area contributed by atoms with Crippen molar-refractivity contribution in [1.29, 1.82) is 0 Å². The molecule has 2 heterocycles. The Balaban J connectivity index is 2.33. The van der Waals surface area contributed by atoms with E-state index in [-0.39, 0.29) is 16.2 Å². The van der Waals surface area contributed by atoms with Crippen molar-refractivity contribution in [3.8, 4) is 5.75 Å². The molecule has 1 atom stereocenters. The Kier molecular flexibility index (Phi) is 4.97. The summed E-state index contributed by atoms with van der Waals surface area (Å²) in [6.07, 6.45) is 3.31. The van der Waals surface area contributed by atoms with Crippen LogP contribution >= 0.6 is 11.3 Å². The van der Waals surface area contributed by atoms with Gasteiger partial charge in [0.1, 0.15) is 5.75 Å². The van der Waals surface area contributed by atoms with Crippen LogP contribution in [0.25, 0.3) is 0 Å². The van der Waals surface area contributed by atoms with Crippen LogP contribution in [0.5, 0.6) is 5.75 Å². The Bertz CT molecular complexity index is 681. The fourth-order valence-electron chi connectivity index (χ4n) is 2.01. The minimum Gasteiger partial charge on any atom is -0.494 e. The number of sulfonamides is 1. The first-order valence-corrected chi connectivity index (χ1v) is 8.85. The second-order valence-corrected chi connectivity index (χ2v) is 7.73. The summed E-state index contributed by atoms with van der Waals surface area (Å²) in [6.45, 7) is 3.94. The van der Waals surface area contributed by atoms with E-state index >= 15 is 0 Å². The van der Waals surface area contributed by atoms with E-state index in [1.165, 1.54) is 7.11 Å². The smallest absolute Gasteiger partial charge is 0.254 e. The maximum absolute atomic E-state index is 12.6. The standard InChI is InChI=1S/C14H18N2O3S2/c1-10(2)13(11-4-7-15-8-5-11)16-21(17,18)14-12(19-3)6-9-20-14/h4-10,13,16H,1-3H3/t13-/m1/s1. The number of thiophene rings is 1. The van der Waals surface area contributed by atoms with Gasteiger partial charge in [-0.25, -0.2) is 13.1 Å². The van der Waals surface area contributed by atoms with E-state index in [0.717, 1.165) is 16.9 Å². The van der Waals surface area contributed by atoms with Crippen molar-refractivity contribution >= 4 is 21.4 Å². The normalized spacial score (nSPS) is 13.3. The lowest BCUT2D eigenvalue weighted by Gasteiger charge is -2.22. The summed E-state index contributed by atoms with van der Waals surface area (Å²) in [5.74, 6) is 0.470. The van der Waals surface area contributed by atoms with Crippen LogP contribution in [-0.4, -0.2) is 20.5 Å². The number of rotatable bonds is 6. The monoisotopic (exact) mass is 326 g/mol. The van der Waals surface area contributed by atoms with Crippen LogP contribution in [0.4, 0.5) is 0 Å². The highest BCUT2D eigenvalue weighted by Gasteiger charge is 2.27. The van der Waals surface area contributed by atoms with Crippen molar-refractivity contribution in [3.63, 3.8) is 0 Å². The highest BCUT2D eigenvalue weighted by Crippen LogP contribution is 2.31. The lowest BCUT2D eigenvalue weighted by atomic mass is 9.98. The van der Waals surface area contributed by atoms with Gasteiger partial charge in [-0.15, -0.1) is 11.3 Å². The Hall–Kier alpha value is -1.44. The summed E-state index contributed by atoms with van der Waals surface area (Å²) in [6, 6.07) is 4.97. The molecule has 0 saturated heterocycles. The second kappa shape index (κ2) is 6.55. The van der Waals surface area contributed by atoms with E-state index < -0.39 is 10.0 Å². The van der Waals surface area contributed by atoms with Gasteiger partial charge in [-0.3, -0.25) is 4.98 Å². The number of pyridine rings is 1. The van der Waals surface area contributed by atoms with E-state index in [1.807, 2.05) is 26.0 Å². The summed E-state index contributed by atoms with van der Waals surface area (Å²) in [5.41, 5.74) is 0.888. The number of nitrogens with one attached hydrogen (secondary N) is 1. The molecule has 2 aromatic rings. The first-order chi connectivity index (χ1) is 9.95. The molecule has 0 aliphatic carbocycles. The fourth-order valence-corrected chi connectivity index (χ4v) is 4.68. The number of nitrogens with zero attached hydrogens (tertiary/aromatic N) is 1. The maximum Gasteiger partial charge on any atom is 0.254 e. The van der Waals surface area contributed by atoms with E-state index in [9.17, 15) is 8.42 Å². The Morgan fingerprint density at radius 3 is 2.48 bits per heavy atom. The van der Waals surface area contributed by atoms with Gasteiger partial charge in [0, 0.05) is 18.4 Å². The van der Waals surface area contributed by atoms with Gasteiger partial charge in [-0.1, -0.05) is 13.8 Å². The van der Waals surface area contributed by atoms with Gasteiger partial charge in [0.2, 0.25) is 0 Å². The highest BCUT2D eigenvalue weighted by atomic mass is 32.2. The van der Waals surface area contributed by atoms with Gasteiger partial charge in [0.05, 0.1) is 7.11 Å². The summed E-state index contributed by atoms with van der Waals surface area (Å²) in [5, 5.41) is 1.70. The molecule has 0 saturated carbocycles. The topological polar surface area (TPSA) is 68.3 Å². The van der Waals surface area contributed by atoms with Gasteiger partial charge >= 0.3 is 0 Å². The minimum absolute atomic E-state index is 0.105. The van der Waals surface area contributed by atoms with Crippen LogP contribution in [0.1, 0.15) is 25.5 Å². The SMILES string of the molecule is COc1ccsc1S(=O)(=O)N[C@@H](c1ccncc1)C(C)C. The lowest BCUT2D eigenvalue weighted by Crippen LogP contribution is -2.31. The van der Waals surface area contributed by atoms with Gasteiger partial charge in [-0.05, 0) is 35.1 Å². The molecule has 0 bridgehead atoms. The van der Waals surface area contributed by atoms with Crippen molar-refractivity contribution < 1.29 is 13.2 Å². The van der Waals surface area contributed by atoms with E-state index in [0.29, 0.717) is 5.75 Å². The molecular weight excluding hydrogens is 308 g/mol. The predicted octanol–water partition coefficient (Wildman–Crippen LogP) is 2.83. The number of aromatic nitrogens is 1. The molecule has 0 amide bonds. The average Bonchev–Trinajstić information content (AvgIpc) is 2.95. The molecule has 0 fully saturated rings. The van der Waals surface area contributed by atoms with Crippen molar-refractivity contribution in [3.05, 3.63) is 41.5 Å². The molecule has 0 aliphatic rings. The molecule has 21 heavy (non-hydrogen) atoms. The Morgan fingerprint density at radius 1 is 1.24 bits per heavy atom. The molecule has 0 aromatic carbocycles. The Morgan fingerprint density at radius 2 is 1.90 bits per heavy atom. The Labute approximate surface area is 129 Å². The van der Waals surface area contributed by atoms with Crippen molar-refractivity contribution in [1.82, 2.24) is 9.71 Å². The lowest BCUT2D eigenvalue weighted by molar-refractivity contribution is 0.404. The second-order valence-electron chi connectivity index (χ2n) is 4.90. The third kappa shape index (κ3) is 3.61. The summed E-state index contributed by atoms with van der Waals surface area (Å²) < 4.78 is 33.2. The van der Waals surface area contributed by atoms with Crippen molar-refractivity contribution in [2.24, 2.45) is 5.92 Å². The van der Waals surface area contributed by atoms with Crippen molar-refractivity contribution in [2.75, 3.05) is 7.11 Å². The van der Waals surface area contributed by atoms with Gasteiger partial charge in [0.25, 0.3) is 10.0 Å². The molecule has 0 unspecified atom stereocenters. The van der Waals surface area contributed by atoms with Crippen LogP contribution in [0, 0.1) is 5.92 Å². The third-order valence-electron chi connectivity index (χ3n) is 3.07. The highest BCUT2D eigenvalue weighted by molar-refractivity contribution is 7.91. The van der Waals surface area contributed by atoms with Crippen LogP contribution in [-0.2, 0) is 10.0 Å². The predicted molar refractivity (Wildman–Crippen MR) is 83.0 cm³/mol. The fraction of sp³-hybridized carbons (Fsp3) is 0.357. The van der Waals surface area contributed by atoms with Crippen LogP contribution < -0.4 is 9.46 Å². The van der Waals surface area contributed by atoms with Crippen LogP contribution in [0.15, 0.2) is 40.2 Å². The minimum atomic E-state index is -3.63. The first-order valence-electron chi connectivity index (χ1n) is 6.49. The molecule has 1 N–H and O–H groups in total. The van der Waals surface area contributed by atoms with Gasteiger partial charge in [-0.2, -0.15) is 0 Å². The molecule has 0 radical (unpaired) electrons. The molecule has 2 rings (SSSR count). The van der Waals surface area contributed by atoms with Gasteiger partial charge in [0.15, 0.2) is 4.21 Å². The van der Waals surface area contributed by atoms with Crippen LogP contribution in [0.2, 0.25) is 0 Å². The van der Waals surface area contributed by atoms with E-state index in [2.05, 4.69) is 9.71 Å². The number of hydrogen-bond acceptors (Lipinski definition) is 5. The largest absolute Gasteiger partial charge is 0.494 e. The summed E-state index contributed by atoms with van der Waals surface area (Å²) in [4.78, 5) is 3.97. The summed E-state index contributed by atoms with van der Waals surface area (Å²) in [7, 11) is -2.17. The first kappa shape index (κ1) is 15.9. The molecular formula is C14H18N2O3S2. The summed E-state index contributed by atoms with van der Waals surface area (Å²) >= 11 is 1.14. The molecule has 2 aromatic heterocycles. The molecule has 5 nitrogen and oxygen atoms in total. The quantitative estimate of drug-likeness (QED) is 0.886. The third-order valence-corrected chi connectivity index (χ3v) is 5.96. The van der Waals surface area contributed by atoms with E-state index in [4.69, 9.17) is 4.74 Å². The molecule has 0 spiro atoms. The maximum atomic E-state index is 12.6. The zero-order valence-corrected chi connectivity index (χ0v) is 13.7. The zero-order valence-electron chi connectivity index (χ0n) is 12.1. The number of methoxy groups -OCH3 is 1. The molecule has 114 valence electrons. The van der Waals surface area contributed by atoms with Crippen molar-refractivity contribution in [2.45, 2.75) is 24.1 Å². The number of hydrogen-bond donors (Lipinski definition) is 1. The van der Waals surface area contributed by atoms with E-state index in [1.54, 1.807) is 23.8 Å². The van der Waals surface area contributed by atoms with Gasteiger partial charge < -0.3 is 4.74 Å². The number of ether oxygens (including phenoxy) is 1. The molecule has 7 heteroatoms. The van der Waals surface area contributed by atoms with Crippen LogP contribution in [0.3, 0.4) is 0 Å². The average molecular weight is 326 g/mol. The molecule has 0 aliphatic heterocycles. The zero-order chi connectivity index (χ0) is 15.5.